The molecule has 0 radical (unpaired) electrons. The molecule has 232 valence electrons. The molecule has 9 aromatic carbocycles. The first kappa shape index (κ1) is 27.7. The fraction of sp³-hybridized carbons (Fsp3) is 0. The summed E-state index contributed by atoms with van der Waals surface area (Å²) >= 11 is 1.91. The Hall–Kier alpha value is -6.22. The Morgan fingerprint density at radius 2 is 0.780 bits per heavy atom. The van der Waals surface area contributed by atoms with Gasteiger partial charge in [0, 0.05) is 36.6 Å². The number of thiophene rings is 1. The molecule has 0 aliphatic carbocycles. The summed E-state index contributed by atoms with van der Waals surface area (Å²) in [5, 5.41) is 13.0. The van der Waals surface area contributed by atoms with E-state index in [4.69, 9.17) is 0 Å². The van der Waals surface area contributed by atoms with Gasteiger partial charge in [-0.2, -0.15) is 0 Å². The highest BCUT2D eigenvalue weighted by molar-refractivity contribution is 7.26. The number of hydrogen-bond acceptors (Lipinski definition) is 1. The van der Waals surface area contributed by atoms with Gasteiger partial charge in [-0.05, 0) is 84.9 Å². The monoisotopic (exact) mass is 651 g/mol. The van der Waals surface area contributed by atoms with Crippen LogP contribution in [0.2, 0.25) is 0 Å². The van der Waals surface area contributed by atoms with Gasteiger partial charge in [0.25, 0.3) is 0 Å². The minimum atomic E-state index is 1.17. The van der Waals surface area contributed by atoms with Crippen molar-refractivity contribution in [2.24, 2.45) is 0 Å². The van der Waals surface area contributed by atoms with Crippen LogP contribution in [0.1, 0.15) is 0 Å². The van der Waals surface area contributed by atoms with E-state index < -0.39 is 0 Å². The second-order valence-electron chi connectivity index (χ2n) is 13.2. The van der Waals surface area contributed by atoms with Crippen molar-refractivity contribution >= 4 is 85.6 Å². The molecule has 2 heterocycles. The summed E-state index contributed by atoms with van der Waals surface area (Å²) in [6.45, 7) is 0. The molecular formula is C48H29NS. The molecule has 0 saturated heterocycles. The summed E-state index contributed by atoms with van der Waals surface area (Å²) in [7, 11) is 0. The summed E-state index contributed by atoms with van der Waals surface area (Å²) in [6.07, 6.45) is 0. The molecule has 2 aromatic heterocycles. The molecule has 2 heteroatoms. The molecule has 0 aliphatic heterocycles. The van der Waals surface area contributed by atoms with Crippen LogP contribution in [0.25, 0.3) is 102 Å². The van der Waals surface area contributed by atoms with Gasteiger partial charge in [0.2, 0.25) is 0 Å². The third kappa shape index (κ3) is 3.94. The Balaban J connectivity index is 1.12. The van der Waals surface area contributed by atoms with Gasteiger partial charge in [0.05, 0.1) is 11.0 Å². The molecule has 0 fully saturated rings. The predicted octanol–water partition coefficient (Wildman–Crippen LogP) is 13.9. The van der Waals surface area contributed by atoms with E-state index in [1.54, 1.807) is 0 Å². The van der Waals surface area contributed by atoms with Crippen LogP contribution in [-0.4, -0.2) is 4.57 Å². The maximum Gasteiger partial charge on any atom is 0.0547 e. The highest BCUT2D eigenvalue weighted by Gasteiger charge is 2.18. The first-order valence-electron chi connectivity index (χ1n) is 17.2. The maximum atomic E-state index is 2.45. The number of fused-ring (bicyclic) bond motifs is 12. The largest absolute Gasteiger partial charge is 0.309 e. The van der Waals surface area contributed by atoms with Crippen LogP contribution in [-0.2, 0) is 0 Å². The Labute approximate surface area is 292 Å². The zero-order chi connectivity index (χ0) is 32.8. The summed E-state index contributed by atoms with van der Waals surface area (Å²) in [5.74, 6) is 0. The topological polar surface area (TPSA) is 4.93 Å². The van der Waals surface area contributed by atoms with E-state index in [2.05, 4.69) is 180 Å². The molecule has 50 heavy (non-hydrogen) atoms. The number of benzene rings is 9. The highest BCUT2D eigenvalue weighted by atomic mass is 32.1. The molecule has 1 nitrogen and oxygen atoms in total. The van der Waals surface area contributed by atoms with E-state index in [0.29, 0.717) is 0 Å². The van der Waals surface area contributed by atoms with E-state index in [1.807, 2.05) is 11.3 Å². The predicted molar refractivity (Wildman–Crippen MR) is 217 cm³/mol. The summed E-state index contributed by atoms with van der Waals surface area (Å²) in [5.41, 5.74) is 8.68. The lowest BCUT2D eigenvalue weighted by molar-refractivity contribution is 1.18. The van der Waals surface area contributed by atoms with Crippen molar-refractivity contribution < 1.29 is 0 Å². The molecular weight excluding hydrogens is 623 g/mol. The van der Waals surface area contributed by atoms with E-state index in [-0.39, 0.29) is 0 Å². The van der Waals surface area contributed by atoms with Gasteiger partial charge in [-0.1, -0.05) is 146 Å². The molecule has 0 unspecified atom stereocenters. The fourth-order valence-electron chi connectivity index (χ4n) is 8.33. The van der Waals surface area contributed by atoms with Gasteiger partial charge in [-0.3, -0.25) is 0 Å². The Morgan fingerprint density at radius 1 is 0.300 bits per heavy atom. The van der Waals surface area contributed by atoms with E-state index >= 15 is 0 Å². The Morgan fingerprint density at radius 3 is 1.40 bits per heavy atom. The number of nitrogens with zero attached hydrogens (tertiary/aromatic N) is 1. The molecule has 11 rings (SSSR count). The van der Waals surface area contributed by atoms with Crippen LogP contribution in [0.3, 0.4) is 0 Å². The SMILES string of the molecule is c1ccc(-c2cccc3c2sc2c(-c4ccc(-n5c6ccccc6c6cc7c8ccccc8c8ccccc8c7cc65)cc4)cccc23)cc1. The molecule has 0 aliphatic rings. The number of hydrogen-bond donors (Lipinski definition) is 0. The smallest absolute Gasteiger partial charge is 0.0547 e. The minimum absolute atomic E-state index is 1.17. The second kappa shape index (κ2) is 10.6. The lowest BCUT2D eigenvalue weighted by Crippen LogP contribution is -1.94. The molecule has 11 aromatic rings. The Bertz CT molecular complexity index is 3130. The van der Waals surface area contributed by atoms with Crippen LogP contribution < -0.4 is 0 Å². The zero-order valence-corrected chi connectivity index (χ0v) is 27.9. The number of rotatable bonds is 3. The van der Waals surface area contributed by atoms with Crippen LogP contribution in [0.15, 0.2) is 176 Å². The average Bonchev–Trinajstić information content (AvgIpc) is 3.73. The van der Waals surface area contributed by atoms with Crippen molar-refractivity contribution in [3.8, 4) is 27.9 Å². The summed E-state index contributed by atoms with van der Waals surface area (Å²) < 4.78 is 5.13. The normalized spacial score (nSPS) is 12.0. The lowest BCUT2D eigenvalue weighted by atomic mass is 9.93. The molecule has 0 bridgehead atoms. The molecule has 0 N–H and O–H groups in total. The number of para-hydroxylation sites is 1. The van der Waals surface area contributed by atoms with Crippen LogP contribution in [0.4, 0.5) is 0 Å². The van der Waals surface area contributed by atoms with Gasteiger partial charge in [0.15, 0.2) is 0 Å². The minimum Gasteiger partial charge on any atom is -0.309 e. The quantitative estimate of drug-likeness (QED) is 0.168. The van der Waals surface area contributed by atoms with Crippen molar-refractivity contribution in [3.05, 3.63) is 176 Å². The summed E-state index contributed by atoms with van der Waals surface area (Å²) in [6, 6.07) is 64.8. The van der Waals surface area contributed by atoms with Gasteiger partial charge >= 0.3 is 0 Å². The Kier molecular flexibility index (Phi) is 5.89. The third-order valence-electron chi connectivity index (χ3n) is 10.6. The van der Waals surface area contributed by atoms with E-state index in [1.165, 1.54) is 102 Å². The highest BCUT2D eigenvalue weighted by Crippen LogP contribution is 2.45. The second-order valence-corrected chi connectivity index (χ2v) is 14.3. The molecule has 0 spiro atoms. The van der Waals surface area contributed by atoms with Crippen molar-refractivity contribution in [2.75, 3.05) is 0 Å². The number of aromatic nitrogens is 1. The summed E-state index contributed by atoms with van der Waals surface area (Å²) in [4.78, 5) is 0. The van der Waals surface area contributed by atoms with E-state index in [9.17, 15) is 0 Å². The van der Waals surface area contributed by atoms with Crippen molar-refractivity contribution in [2.45, 2.75) is 0 Å². The van der Waals surface area contributed by atoms with Crippen molar-refractivity contribution in [3.63, 3.8) is 0 Å². The zero-order valence-electron chi connectivity index (χ0n) is 27.1. The molecule has 0 saturated carbocycles. The maximum absolute atomic E-state index is 2.45. The van der Waals surface area contributed by atoms with Gasteiger partial charge in [0.1, 0.15) is 0 Å². The molecule has 0 amide bonds. The van der Waals surface area contributed by atoms with Gasteiger partial charge < -0.3 is 4.57 Å². The average molecular weight is 652 g/mol. The van der Waals surface area contributed by atoms with E-state index in [0.717, 1.165) is 0 Å². The van der Waals surface area contributed by atoms with Crippen LogP contribution in [0, 0.1) is 0 Å². The van der Waals surface area contributed by atoms with Gasteiger partial charge in [-0.25, -0.2) is 0 Å². The first-order chi connectivity index (χ1) is 24.8. The van der Waals surface area contributed by atoms with Crippen molar-refractivity contribution in [1.29, 1.82) is 0 Å². The third-order valence-corrected chi connectivity index (χ3v) is 11.9. The van der Waals surface area contributed by atoms with Gasteiger partial charge in [-0.15, -0.1) is 11.3 Å². The lowest BCUT2D eigenvalue weighted by Gasteiger charge is -2.13. The standard InChI is InChI=1S/C48H29NS/c1-2-12-30(13-3-1)33-19-10-21-40-41-22-11-20-34(48(41)50-47(33)40)31-24-26-32(27-25-31)49-45-23-9-8-18-39(45)44-28-42-37-16-6-4-14-35(37)36-15-5-7-17-38(36)43(42)29-46(44)49/h1-29H. The van der Waals surface area contributed by atoms with Crippen molar-refractivity contribution in [1.82, 2.24) is 4.57 Å². The van der Waals surface area contributed by atoms with Crippen LogP contribution in [0.5, 0.6) is 0 Å². The fourth-order valence-corrected chi connectivity index (χ4v) is 9.70. The van der Waals surface area contributed by atoms with Crippen LogP contribution >= 0.6 is 11.3 Å². The molecule has 0 atom stereocenters. The first-order valence-corrected chi connectivity index (χ1v) is 18.0.